The minimum Gasteiger partial charge on any atom is -0.493 e. The van der Waals surface area contributed by atoms with Crippen LogP contribution in [0.2, 0.25) is 5.02 Å². The monoisotopic (exact) mass is 342 g/mol. The number of nitrogens with two attached hydrogens (primary N) is 1. The van der Waals surface area contributed by atoms with Gasteiger partial charge in [0.05, 0.1) is 22.3 Å². The number of halogens is 2. The zero-order valence-electron chi connectivity index (χ0n) is 10.2. The zero-order chi connectivity index (χ0) is 13.8. The average Bonchev–Trinajstić information content (AvgIpc) is 2.40. The van der Waals surface area contributed by atoms with Crippen LogP contribution in [0.1, 0.15) is 5.69 Å². The highest BCUT2D eigenvalue weighted by molar-refractivity contribution is 9.10. The highest BCUT2D eigenvalue weighted by Gasteiger charge is 2.10. The lowest BCUT2D eigenvalue weighted by Gasteiger charge is -2.12. The lowest BCUT2D eigenvalue weighted by molar-refractivity contribution is 0.279. The third-order valence-electron chi connectivity index (χ3n) is 2.44. The molecular formula is C13H12BrClN2O2. The maximum atomic E-state index is 6.03. The molecule has 0 amide bonds. The van der Waals surface area contributed by atoms with Crippen molar-refractivity contribution in [1.82, 2.24) is 4.98 Å². The first-order chi connectivity index (χ1) is 9.11. The van der Waals surface area contributed by atoms with Crippen LogP contribution in [0.4, 0.5) is 5.82 Å². The second kappa shape index (κ2) is 6.12. The molecule has 0 unspecified atom stereocenters. The molecule has 1 heterocycles. The highest BCUT2D eigenvalue weighted by atomic mass is 79.9. The maximum absolute atomic E-state index is 6.03. The Balaban J connectivity index is 2.21. The molecule has 0 fully saturated rings. The molecule has 0 saturated carbocycles. The van der Waals surface area contributed by atoms with Gasteiger partial charge in [-0.15, -0.1) is 0 Å². The Morgan fingerprint density at radius 1 is 1.32 bits per heavy atom. The number of aromatic nitrogens is 1. The number of nitrogen functional groups attached to an aromatic ring is 1. The van der Waals surface area contributed by atoms with Gasteiger partial charge in [0.25, 0.3) is 0 Å². The van der Waals surface area contributed by atoms with Crippen molar-refractivity contribution in [1.29, 1.82) is 0 Å². The number of benzene rings is 1. The molecule has 2 aromatic rings. The van der Waals surface area contributed by atoms with Crippen LogP contribution >= 0.6 is 27.5 Å². The fourth-order valence-corrected chi connectivity index (χ4v) is 2.16. The summed E-state index contributed by atoms with van der Waals surface area (Å²) in [4.78, 5) is 4.14. The molecular weight excluding hydrogens is 332 g/mol. The van der Waals surface area contributed by atoms with E-state index in [4.69, 9.17) is 26.8 Å². The van der Waals surface area contributed by atoms with E-state index in [1.54, 1.807) is 19.2 Å². The number of nitrogens with zero attached hydrogens (tertiary/aromatic N) is 1. The Morgan fingerprint density at radius 3 is 2.84 bits per heavy atom. The number of methoxy groups -OCH3 is 1. The summed E-state index contributed by atoms with van der Waals surface area (Å²) in [7, 11) is 1.58. The van der Waals surface area contributed by atoms with Crippen LogP contribution in [-0.4, -0.2) is 12.1 Å². The summed E-state index contributed by atoms with van der Waals surface area (Å²) in [5.74, 6) is 1.64. The smallest absolute Gasteiger partial charge is 0.175 e. The first kappa shape index (κ1) is 14.0. The standard InChI is InChI=1S/C13H12BrClN2O2/c1-18-11-4-2-3-8(14)13(11)19-7-10-9(15)5-6-12(16)17-10/h2-6H,7H2,1H3,(H2,16,17). The molecule has 0 spiro atoms. The predicted octanol–water partition coefficient (Wildman–Crippen LogP) is 3.67. The summed E-state index contributed by atoms with van der Waals surface area (Å²) < 4.78 is 11.7. The lowest BCUT2D eigenvalue weighted by Crippen LogP contribution is -2.03. The lowest BCUT2D eigenvalue weighted by atomic mass is 10.3. The van der Waals surface area contributed by atoms with E-state index >= 15 is 0 Å². The largest absolute Gasteiger partial charge is 0.493 e. The van der Waals surface area contributed by atoms with Crippen molar-refractivity contribution in [2.45, 2.75) is 6.61 Å². The zero-order valence-corrected chi connectivity index (χ0v) is 12.5. The first-order valence-electron chi connectivity index (χ1n) is 5.48. The summed E-state index contributed by atoms with van der Waals surface area (Å²) in [6, 6.07) is 8.88. The Morgan fingerprint density at radius 2 is 2.11 bits per heavy atom. The van der Waals surface area contributed by atoms with Crippen molar-refractivity contribution in [2.75, 3.05) is 12.8 Å². The van der Waals surface area contributed by atoms with Gasteiger partial charge in [0.15, 0.2) is 11.5 Å². The van der Waals surface area contributed by atoms with Crippen LogP contribution in [-0.2, 0) is 6.61 Å². The van der Waals surface area contributed by atoms with Crippen molar-refractivity contribution < 1.29 is 9.47 Å². The molecule has 4 nitrogen and oxygen atoms in total. The van der Waals surface area contributed by atoms with Crippen LogP contribution in [0.3, 0.4) is 0 Å². The fourth-order valence-electron chi connectivity index (χ4n) is 1.53. The van der Waals surface area contributed by atoms with E-state index in [0.29, 0.717) is 28.0 Å². The number of hydrogen-bond donors (Lipinski definition) is 1. The molecule has 1 aromatic heterocycles. The Hall–Kier alpha value is -1.46. The van der Waals surface area contributed by atoms with E-state index in [-0.39, 0.29) is 6.61 Å². The summed E-state index contributed by atoms with van der Waals surface area (Å²) in [6.45, 7) is 0.211. The fraction of sp³-hybridized carbons (Fsp3) is 0.154. The van der Waals surface area contributed by atoms with Gasteiger partial charge in [0.1, 0.15) is 12.4 Å². The highest BCUT2D eigenvalue weighted by Crippen LogP contribution is 2.35. The van der Waals surface area contributed by atoms with Crippen LogP contribution in [0, 0.1) is 0 Å². The number of pyridine rings is 1. The summed E-state index contributed by atoms with van der Waals surface area (Å²) >= 11 is 9.45. The van der Waals surface area contributed by atoms with Crippen molar-refractivity contribution in [3.63, 3.8) is 0 Å². The van der Waals surface area contributed by atoms with Gasteiger partial charge in [-0.2, -0.15) is 0 Å². The third kappa shape index (κ3) is 3.30. The molecule has 100 valence electrons. The minimum absolute atomic E-state index is 0.211. The average molecular weight is 344 g/mol. The van der Waals surface area contributed by atoms with Gasteiger partial charge < -0.3 is 15.2 Å². The van der Waals surface area contributed by atoms with E-state index in [2.05, 4.69) is 20.9 Å². The molecule has 0 saturated heterocycles. The maximum Gasteiger partial charge on any atom is 0.175 e. The SMILES string of the molecule is COc1cccc(Br)c1OCc1nc(N)ccc1Cl. The molecule has 0 atom stereocenters. The molecule has 0 aliphatic carbocycles. The molecule has 6 heteroatoms. The number of anilines is 1. The minimum atomic E-state index is 0.211. The molecule has 0 bridgehead atoms. The van der Waals surface area contributed by atoms with Gasteiger partial charge >= 0.3 is 0 Å². The van der Waals surface area contributed by atoms with Crippen LogP contribution in [0.25, 0.3) is 0 Å². The van der Waals surface area contributed by atoms with E-state index < -0.39 is 0 Å². The predicted molar refractivity (Wildman–Crippen MR) is 78.7 cm³/mol. The summed E-state index contributed by atoms with van der Waals surface area (Å²) in [5, 5.41) is 0.514. The quantitative estimate of drug-likeness (QED) is 0.920. The van der Waals surface area contributed by atoms with Crippen LogP contribution in [0.15, 0.2) is 34.8 Å². The summed E-state index contributed by atoms with van der Waals surface area (Å²) in [6.07, 6.45) is 0. The van der Waals surface area contributed by atoms with Crippen molar-refractivity contribution >= 4 is 33.3 Å². The van der Waals surface area contributed by atoms with Crippen molar-refractivity contribution in [3.05, 3.63) is 45.5 Å². The van der Waals surface area contributed by atoms with Gasteiger partial charge in [0, 0.05) is 0 Å². The molecule has 19 heavy (non-hydrogen) atoms. The number of hydrogen-bond acceptors (Lipinski definition) is 4. The molecule has 2 N–H and O–H groups in total. The van der Waals surface area contributed by atoms with E-state index in [0.717, 1.165) is 4.47 Å². The number of rotatable bonds is 4. The van der Waals surface area contributed by atoms with Gasteiger partial charge in [-0.25, -0.2) is 4.98 Å². The number of para-hydroxylation sites is 1. The third-order valence-corrected chi connectivity index (χ3v) is 3.41. The van der Waals surface area contributed by atoms with Crippen LogP contribution in [0.5, 0.6) is 11.5 Å². The van der Waals surface area contributed by atoms with Gasteiger partial charge in [-0.1, -0.05) is 17.7 Å². The van der Waals surface area contributed by atoms with Gasteiger partial charge in [0.2, 0.25) is 0 Å². The van der Waals surface area contributed by atoms with Crippen molar-refractivity contribution in [2.24, 2.45) is 0 Å². The van der Waals surface area contributed by atoms with Gasteiger partial charge in [-0.05, 0) is 40.2 Å². The number of ether oxygens (including phenoxy) is 2. The Labute approximate surface area is 124 Å². The molecule has 1 aromatic carbocycles. The molecule has 0 aliphatic rings. The summed E-state index contributed by atoms with van der Waals surface area (Å²) in [5.41, 5.74) is 6.21. The second-order valence-corrected chi connectivity index (χ2v) is 4.99. The normalized spacial score (nSPS) is 10.3. The second-order valence-electron chi connectivity index (χ2n) is 3.72. The molecule has 0 radical (unpaired) electrons. The van der Waals surface area contributed by atoms with E-state index in [1.807, 2.05) is 18.2 Å². The van der Waals surface area contributed by atoms with E-state index in [9.17, 15) is 0 Å². The topological polar surface area (TPSA) is 57.4 Å². The first-order valence-corrected chi connectivity index (χ1v) is 6.65. The van der Waals surface area contributed by atoms with Gasteiger partial charge in [-0.3, -0.25) is 0 Å². The molecule has 0 aliphatic heterocycles. The Kier molecular flexibility index (Phi) is 4.50. The van der Waals surface area contributed by atoms with Crippen LogP contribution < -0.4 is 15.2 Å². The van der Waals surface area contributed by atoms with E-state index in [1.165, 1.54) is 0 Å². The Bertz CT molecular complexity index is 593. The van der Waals surface area contributed by atoms with Crippen molar-refractivity contribution in [3.8, 4) is 11.5 Å². The molecule has 2 rings (SSSR count).